The molecule has 1 amide bonds. The first kappa shape index (κ1) is 17.3. The Morgan fingerprint density at radius 2 is 1.79 bits per heavy atom. The van der Waals surface area contributed by atoms with Crippen molar-refractivity contribution in [2.75, 3.05) is 31.1 Å². The molecular weight excluding hydrogens is 368 g/mol. The molecule has 0 atom stereocenters. The first-order valence-electron chi connectivity index (χ1n) is 9.50. The largest absolute Gasteiger partial charge is 0.508 e. The number of hydrogen-bond donors (Lipinski definition) is 3. The van der Waals surface area contributed by atoms with E-state index in [1.165, 1.54) is 0 Å². The molecule has 8 heteroatoms. The minimum absolute atomic E-state index is 0.195. The van der Waals surface area contributed by atoms with Gasteiger partial charge in [0.05, 0.1) is 0 Å². The van der Waals surface area contributed by atoms with Crippen LogP contribution in [0.3, 0.4) is 0 Å². The number of phenols is 1. The molecule has 3 N–H and O–H groups in total. The van der Waals surface area contributed by atoms with E-state index in [1.54, 1.807) is 24.4 Å². The molecular formula is C21H20N6O2. The third-order valence-corrected chi connectivity index (χ3v) is 5.25. The molecule has 1 saturated heterocycles. The first-order chi connectivity index (χ1) is 14.2. The molecule has 146 valence electrons. The Bertz CT molecular complexity index is 1120. The van der Waals surface area contributed by atoms with E-state index >= 15 is 0 Å². The van der Waals surface area contributed by atoms with Crippen LogP contribution in [-0.2, 0) is 4.79 Å². The molecule has 8 nitrogen and oxygen atoms in total. The molecule has 0 aliphatic carbocycles. The lowest BCUT2D eigenvalue weighted by Gasteiger charge is -2.36. The lowest BCUT2D eigenvalue weighted by Crippen LogP contribution is -2.52. The fraction of sp³-hybridized carbons (Fsp3) is 0.190. The summed E-state index contributed by atoms with van der Waals surface area (Å²) < 4.78 is 0. The number of aromatic amines is 1. The number of aliphatic imine (C=N–C) groups is 1. The summed E-state index contributed by atoms with van der Waals surface area (Å²) in [5.74, 6) is 0.671. The lowest BCUT2D eigenvalue weighted by molar-refractivity contribution is -0.115. The molecule has 0 radical (unpaired) electrons. The highest BCUT2D eigenvalue weighted by molar-refractivity contribution is 6.14. The van der Waals surface area contributed by atoms with Gasteiger partial charge in [0.15, 0.2) is 0 Å². The summed E-state index contributed by atoms with van der Waals surface area (Å²) in [6, 6.07) is 11.1. The summed E-state index contributed by atoms with van der Waals surface area (Å²) in [6.45, 7) is 3.13. The molecule has 1 fully saturated rings. The average Bonchev–Trinajstić information content (AvgIpc) is 3.33. The Morgan fingerprint density at radius 3 is 2.59 bits per heavy atom. The van der Waals surface area contributed by atoms with Crippen LogP contribution in [0.2, 0.25) is 0 Å². The van der Waals surface area contributed by atoms with Crippen LogP contribution in [0.15, 0.2) is 59.5 Å². The zero-order valence-corrected chi connectivity index (χ0v) is 15.7. The molecule has 4 heterocycles. The summed E-state index contributed by atoms with van der Waals surface area (Å²) in [7, 11) is 0. The van der Waals surface area contributed by atoms with Crippen LogP contribution in [0.25, 0.3) is 17.1 Å². The highest BCUT2D eigenvalue weighted by Crippen LogP contribution is 2.22. The Hall–Kier alpha value is -3.81. The molecule has 5 rings (SSSR count). The number of carbonyl (C=O) groups is 1. The van der Waals surface area contributed by atoms with E-state index in [4.69, 9.17) is 0 Å². The van der Waals surface area contributed by atoms with Crippen LogP contribution in [-0.4, -0.2) is 58.0 Å². The number of amides is 1. The fourth-order valence-electron chi connectivity index (χ4n) is 3.69. The number of phenolic OH excluding ortho intramolecular Hbond substituents is 1. The normalized spacial score (nSPS) is 18.4. The highest BCUT2D eigenvalue weighted by Gasteiger charge is 2.27. The lowest BCUT2D eigenvalue weighted by atomic mass is 10.2. The van der Waals surface area contributed by atoms with Crippen molar-refractivity contribution in [2.24, 2.45) is 4.99 Å². The molecule has 0 spiro atoms. The number of hydrogen-bond acceptors (Lipinski definition) is 6. The quantitative estimate of drug-likeness (QED) is 0.583. The summed E-state index contributed by atoms with van der Waals surface area (Å²) in [6.07, 6.45) is 5.35. The monoisotopic (exact) mass is 388 g/mol. The number of nitrogens with one attached hydrogen (secondary N) is 2. The van der Waals surface area contributed by atoms with Gasteiger partial charge in [0.25, 0.3) is 5.91 Å². The van der Waals surface area contributed by atoms with E-state index in [-0.39, 0.29) is 11.7 Å². The third kappa shape index (κ3) is 3.29. The Morgan fingerprint density at radius 1 is 1.03 bits per heavy atom. The van der Waals surface area contributed by atoms with E-state index in [0.29, 0.717) is 11.7 Å². The zero-order chi connectivity index (χ0) is 19.8. The number of nitrogens with zero attached hydrogens (tertiary/aromatic N) is 4. The van der Waals surface area contributed by atoms with Gasteiger partial charge in [-0.1, -0.05) is 0 Å². The van der Waals surface area contributed by atoms with Crippen molar-refractivity contribution in [3.63, 3.8) is 0 Å². The standard InChI is InChI=1S/C21H20N6O2/c28-16-5-3-15(4-6-16)26-8-10-27(11-9-26)21-24-18(20(29)25-21)12-14-13-23-19-17(14)2-1-7-22-19/h1-7,12-13,28H,8-11H2,(H,22,23)(H,24,25,29). The van der Waals surface area contributed by atoms with Crippen molar-refractivity contribution in [3.8, 4) is 5.75 Å². The summed E-state index contributed by atoms with van der Waals surface area (Å²) in [5, 5.41) is 13.3. The second kappa shape index (κ2) is 6.97. The van der Waals surface area contributed by atoms with Crippen LogP contribution in [0, 0.1) is 0 Å². The van der Waals surface area contributed by atoms with Gasteiger partial charge in [0.2, 0.25) is 5.96 Å². The molecule has 0 bridgehead atoms. The van der Waals surface area contributed by atoms with Crippen LogP contribution in [0.4, 0.5) is 5.69 Å². The van der Waals surface area contributed by atoms with E-state index in [9.17, 15) is 9.90 Å². The van der Waals surface area contributed by atoms with Gasteiger partial charge in [0.1, 0.15) is 17.1 Å². The van der Waals surface area contributed by atoms with Gasteiger partial charge in [-0.2, -0.15) is 0 Å². The second-order valence-corrected chi connectivity index (χ2v) is 7.05. The second-order valence-electron chi connectivity index (χ2n) is 7.05. The van der Waals surface area contributed by atoms with Crippen molar-refractivity contribution in [1.29, 1.82) is 0 Å². The van der Waals surface area contributed by atoms with Crippen molar-refractivity contribution >= 4 is 34.7 Å². The number of aromatic hydroxyl groups is 1. The number of anilines is 1. The fourth-order valence-corrected chi connectivity index (χ4v) is 3.69. The van der Waals surface area contributed by atoms with E-state index < -0.39 is 0 Å². The van der Waals surface area contributed by atoms with Gasteiger partial charge >= 0.3 is 0 Å². The van der Waals surface area contributed by atoms with Gasteiger partial charge in [-0.25, -0.2) is 9.98 Å². The SMILES string of the molecule is O=C1NC(N2CCN(c3ccc(O)cc3)CC2)=NC1=Cc1c[nH]c2ncccc12. The molecule has 2 aliphatic rings. The molecule has 0 unspecified atom stereocenters. The number of H-pyrrole nitrogens is 1. The number of piperazine rings is 1. The Balaban J connectivity index is 1.31. The van der Waals surface area contributed by atoms with Crippen LogP contribution in [0.1, 0.15) is 5.56 Å². The number of rotatable bonds is 2. The predicted octanol–water partition coefficient (Wildman–Crippen LogP) is 1.92. The first-order valence-corrected chi connectivity index (χ1v) is 9.50. The molecule has 3 aromatic rings. The van der Waals surface area contributed by atoms with Crippen molar-refractivity contribution in [2.45, 2.75) is 0 Å². The van der Waals surface area contributed by atoms with Crippen LogP contribution in [0.5, 0.6) is 5.75 Å². The third-order valence-electron chi connectivity index (χ3n) is 5.25. The summed E-state index contributed by atoms with van der Waals surface area (Å²) in [5.41, 5.74) is 3.15. The van der Waals surface area contributed by atoms with E-state index in [2.05, 4.69) is 30.1 Å². The van der Waals surface area contributed by atoms with Crippen molar-refractivity contribution < 1.29 is 9.90 Å². The maximum absolute atomic E-state index is 12.4. The van der Waals surface area contributed by atoms with Gasteiger partial charge in [-0.15, -0.1) is 0 Å². The minimum atomic E-state index is -0.195. The summed E-state index contributed by atoms with van der Waals surface area (Å²) >= 11 is 0. The number of fused-ring (bicyclic) bond motifs is 1. The smallest absolute Gasteiger partial charge is 0.276 e. The maximum atomic E-state index is 12.4. The van der Waals surface area contributed by atoms with Gasteiger partial charge < -0.3 is 19.9 Å². The average molecular weight is 388 g/mol. The molecule has 1 aromatic carbocycles. The highest BCUT2D eigenvalue weighted by atomic mass is 16.3. The van der Waals surface area contributed by atoms with Crippen LogP contribution >= 0.6 is 0 Å². The number of pyridine rings is 1. The number of guanidine groups is 1. The molecule has 2 aliphatic heterocycles. The predicted molar refractivity (Wildman–Crippen MR) is 112 cm³/mol. The minimum Gasteiger partial charge on any atom is -0.508 e. The zero-order valence-electron chi connectivity index (χ0n) is 15.7. The maximum Gasteiger partial charge on any atom is 0.276 e. The van der Waals surface area contributed by atoms with E-state index in [1.807, 2.05) is 30.5 Å². The number of aromatic nitrogens is 2. The van der Waals surface area contributed by atoms with Crippen LogP contribution < -0.4 is 10.2 Å². The van der Waals surface area contributed by atoms with Crippen molar-refractivity contribution in [1.82, 2.24) is 20.2 Å². The Kier molecular flexibility index (Phi) is 4.16. The van der Waals surface area contributed by atoms with Crippen molar-refractivity contribution in [3.05, 3.63) is 60.1 Å². The Labute approximate surface area is 167 Å². The van der Waals surface area contributed by atoms with Gasteiger partial charge in [0, 0.05) is 55.2 Å². The van der Waals surface area contributed by atoms with E-state index in [0.717, 1.165) is 48.5 Å². The van der Waals surface area contributed by atoms with Gasteiger partial charge in [-0.3, -0.25) is 10.1 Å². The number of benzene rings is 1. The molecule has 0 saturated carbocycles. The number of carbonyl (C=O) groups excluding carboxylic acids is 1. The molecule has 29 heavy (non-hydrogen) atoms. The molecule has 2 aromatic heterocycles. The summed E-state index contributed by atoms with van der Waals surface area (Å²) in [4.78, 5) is 28.7. The topological polar surface area (TPSA) is 96.9 Å². The van der Waals surface area contributed by atoms with Gasteiger partial charge in [-0.05, 0) is 42.5 Å².